The molecule has 1 aromatic carbocycles. The van der Waals surface area contributed by atoms with Gasteiger partial charge in [0.25, 0.3) is 0 Å². The van der Waals surface area contributed by atoms with Crippen LogP contribution in [0.5, 0.6) is 0 Å². The Balaban J connectivity index is 1.84. The molecule has 0 radical (unpaired) electrons. The molecule has 1 aliphatic carbocycles. The number of halogens is 3. The number of rotatable bonds is 5. The summed E-state index contributed by atoms with van der Waals surface area (Å²) in [6.07, 6.45) is 2.43. The molecule has 98 valence electrons. The molecule has 0 bridgehead atoms. The maximum Gasteiger partial charge on any atom is 0.239 e. The van der Waals surface area contributed by atoms with Crippen LogP contribution in [-0.2, 0) is 4.79 Å². The largest absolute Gasteiger partial charge is 0.375 e. The number of amides is 1. The molecular formula is C12H13Cl3N2O. The van der Waals surface area contributed by atoms with Gasteiger partial charge < -0.3 is 10.6 Å². The number of hydrogen-bond donors (Lipinski definition) is 2. The van der Waals surface area contributed by atoms with Crippen molar-refractivity contribution in [2.45, 2.75) is 12.8 Å². The lowest BCUT2D eigenvalue weighted by molar-refractivity contribution is -0.119. The van der Waals surface area contributed by atoms with Crippen LogP contribution >= 0.6 is 34.8 Å². The average molecular weight is 308 g/mol. The third-order valence-corrected chi connectivity index (χ3v) is 3.77. The maximum atomic E-state index is 11.5. The second-order valence-corrected chi connectivity index (χ2v) is 5.57. The number of nitrogens with one attached hydrogen (secondary N) is 2. The van der Waals surface area contributed by atoms with Gasteiger partial charge in [-0.3, -0.25) is 4.79 Å². The summed E-state index contributed by atoms with van der Waals surface area (Å²) in [6, 6.07) is 3.16. The summed E-state index contributed by atoms with van der Waals surface area (Å²) in [5.74, 6) is 0.617. The van der Waals surface area contributed by atoms with Crippen molar-refractivity contribution in [3.05, 3.63) is 27.2 Å². The Hall–Kier alpha value is -0.640. The van der Waals surface area contributed by atoms with Gasteiger partial charge in [0.2, 0.25) is 5.91 Å². The molecule has 1 aliphatic rings. The van der Waals surface area contributed by atoms with Gasteiger partial charge in [-0.15, -0.1) is 0 Å². The fraction of sp³-hybridized carbons (Fsp3) is 0.417. The lowest BCUT2D eigenvalue weighted by Gasteiger charge is -2.10. The summed E-state index contributed by atoms with van der Waals surface area (Å²) in [5.41, 5.74) is 0.604. The van der Waals surface area contributed by atoms with Crippen LogP contribution in [0.3, 0.4) is 0 Å². The van der Waals surface area contributed by atoms with Crippen LogP contribution in [0, 0.1) is 5.92 Å². The second-order valence-electron chi connectivity index (χ2n) is 4.35. The van der Waals surface area contributed by atoms with Crippen LogP contribution in [0.25, 0.3) is 0 Å². The first-order valence-corrected chi connectivity index (χ1v) is 6.85. The summed E-state index contributed by atoms with van der Waals surface area (Å²) >= 11 is 17.7. The van der Waals surface area contributed by atoms with E-state index in [4.69, 9.17) is 34.8 Å². The molecule has 1 saturated carbocycles. The number of carbonyl (C=O) groups excluding carboxylic acids is 1. The van der Waals surface area contributed by atoms with Gasteiger partial charge >= 0.3 is 0 Å². The summed E-state index contributed by atoms with van der Waals surface area (Å²) in [6.45, 7) is 0.931. The molecule has 0 heterocycles. The minimum atomic E-state index is -0.0518. The first-order valence-electron chi connectivity index (χ1n) is 5.71. The zero-order valence-electron chi connectivity index (χ0n) is 9.60. The Kier molecular flexibility index (Phi) is 4.60. The second kappa shape index (κ2) is 6.00. The van der Waals surface area contributed by atoms with Crippen molar-refractivity contribution >= 4 is 46.4 Å². The molecular weight excluding hydrogens is 295 g/mol. The molecule has 0 spiro atoms. The van der Waals surface area contributed by atoms with Crippen LogP contribution in [0.4, 0.5) is 5.69 Å². The van der Waals surface area contributed by atoms with Gasteiger partial charge in [0.15, 0.2) is 0 Å². The highest BCUT2D eigenvalue weighted by Crippen LogP contribution is 2.32. The zero-order valence-corrected chi connectivity index (χ0v) is 11.9. The van der Waals surface area contributed by atoms with Gasteiger partial charge in [0.1, 0.15) is 0 Å². The Labute approximate surface area is 121 Å². The van der Waals surface area contributed by atoms with Crippen LogP contribution in [0.2, 0.25) is 15.1 Å². The van der Waals surface area contributed by atoms with E-state index in [1.54, 1.807) is 12.1 Å². The minimum absolute atomic E-state index is 0.0518. The van der Waals surface area contributed by atoms with E-state index in [1.807, 2.05) is 0 Å². The van der Waals surface area contributed by atoms with Crippen molar-refractivity contribution in [3.63, 3.8) is 0 Å². The lowest BCUT2D eigenvalue weighted by Crippen LogP contribution is -2.31. The Morgan fingerprint density at radius 2 is 1.83 bits per heavy atom. The molecule has 1 aromatic rings. The summed E-state index contributed by atoms with van der Waals surface area (Å²) in [5, 5.41) is 7.04. The van der Waals surface area contributed by atoms with Gasteiger partial charge in [-0.05, 0) is 30.9 Å². The highest BCUT2D eigenvalue weighted by atomic mass is 35.5. The van der Waals surface area contributed by atoms with E-state index in [0.29, 0.717) is 26.7 Å². The van der Waals surface area contributed by atoms with Crippen molar-refractivity contribution in [2.24, 2.45) is 5.92 Å². The molecule has 0 atom stereocenters. The smallest absolute Gasteiger partial charge is 0.239 e. The highest BCUT2D eigenvalue weighted by Gasteiger charge is 2.21. The summed E-state index contributed by atoms with van der Waals surface area (Å²) in [4.78, 5) is 11.5. The molecule has 0 aromatic heterocycles. The van der Waals surface area contributed by atoms with E-state index in [1.165, 1.54) is 12.8 Å². The highest BCUT2D eigenvalue weighted by molar-refractivity contribution is 6.44. The number of benzene rings is 1. The van der Waals surface area contributed by atoms with Crippen LogP contribution < -0.4 is 10.6 Å². The van der Waals surface area contributed by atoms with Crippen LogP contribution in [0.1, 0.15) is 12.8 Å². The number of anilines is 1. The standard InChI is InChI=1S/C12H13Cl3N2O/c13-8-3-10(15)11(4-9(8)14)16-6-12(18)17-5-7-1-2-7/h3-4,7,16H,1-2,5-6H2,(H,17,18). The van der Waals surface area contributed by atoms with E-state index >= 15 is 0 Å². The molecule has 0 aliphatic heterocycles. The minimum Gasteiger partial charge on any atom is -0.375 e. The average Bonchev–Trinajstić information content (AvgIpc) is 3.13. The molecule has 1 amide bonds. The van der Waals surface area contributed by atoms with Crippen molar-refractivity contribution in [1.82, 2.24) is 5.32 Å². The van der Waals surface area contributed by atoms with E-state index in [-0.39, 0.29) is 12.5 Å². The van der Waals surface area contributed by atoms with Crippen LogP contribution in [-0.4, -0.2) is 19.0 Å². The Morgan fingerprint density at radius 3 is 2.50 bits per heavy atom. The number of carbonyl (C=O) groups is 1. The van der Waals surface area contributed by atoms with E-state index < -0.39 is 0 Å². The Bertz CT molecular complexity index is 461. The third-order valence-electron chi connectivity index (χ3n) is 2.73. The third kappa shape index (κ3) is 3.94. The van der Waals surface area contributed by atoms with Crippen LogP contribution in [0.15, 0.2) is 12.1 Å². The van der Waals surface area contributed by atoms with Gasteiger partial charge in [-0.2, -0.15) is 0 Å². The van der Waals surface area contributed by atoms with Crippen molar-refractivity contribution < 1.29 is 4.79 Å². The monoisotopic (exact) mass is 306 g/mol. The molecule has 6 heteroatoms. The topological polar surface area (TPSA) is 41.1 Å². The molecule has 0 saturated heterocycles. The summed E-state index contributed by atoms with van der Waals surface area (Å²) < 4.78 is 0. The lowest BCUT2D eigenvalue weighted by atomic mass is 10.3. The van der Waals surface area contributed by atoms with Crippen molar-refractivity contribution in [1.29, 1.82) is 0 Å². The van der Waals surface area contributed by atoms with Crippen molar-refractivity contribution in [3.8, 4) is 0 Å². The number of hydrogen-bond acceptors (Lipinski definition) is 2. The van der Waals surface area contributed by atoms with Gasteiger partial charge in [0, 0.05) is 6.54 Å². The first-order chi connectivity index (χ1) is 8.56. The van der Waals surface area contributed by atoms with Gasteiger partial charge in [-0.25, -0.2) is 0 Å². The Morgan fingerprint density at radius 1 is 1.17 bits per heavy atom. The summed E-state index contributed by atoms with van der Waals surface area (Å²) in [7, 11) is 0. The quantitative estimate of drug-likeness (QED) is 0.816. The zero-order chi connectivity index (χ0) is 13.1. The van der Waals surface area contributed by atoms with E-state index in [0.717, 1.165) is 6.54 Å². The predicted octanol–water partition coefficient (Wildman–Crippen LogP) is 3.58. The van der Waals surface area contributed by atoms with E-state index in [2.05, 4.69) is 10.6 Å². The maximum absolute atomic E-state index is 11.5. The molecule has 2 rings (SSSR count). The molecule has 3 nitrogen and oxygen atoms in total. The fourth-order valence-electron chi connectivity index (χ4n) is 1.48. The van der Waals surface area contributed by atoms with Crippen molar-refractivity contribution in [2.75, 3.05) is 18.4 Å². The normalized spacial score (nSPS) is 14.4. The van der Waals surface area contributed by atoms with E-state index in [9.17, 15) is 4.79 Å². The molecule has 2 N–H and O–H groups in total. The molecule has 1 fully saturated rings. The first kappa shape index (κ1) is 13.8. The predicted molar refractivity (Wildman–Crippen MR) is 75.7 cm³/mol. The molecule has 18 heavy (non-hydrogen) atoms. The van der Waals surface area contributed by atoms with Gasteiger partial charge in [0.05, 0.1) is 27.3 Å². The molecule has 0 unspecified atom stereocenters. The van der Waals surface area contributed by atoms with Gasteiger partial charge in [-0.1, -0.05) is 34.8 Å². The fourth-order valence-corrected chi connectivity index (χ4v) is 2.09. The SMILES string of the molecule is O=C(CNc1cc(Cl)c(Cl)cc1Cl)NCC1CC1.